The highest BCUT2D eigenvalue weighted by Gasteiger charge is 2.28. The van der Waals surface area contributed by atoms with Crippen LogP contribution < -0.4 is 0 Å². The van der Waals surface area contributed by atoms with E-state index in [1.807, 2.05) is 0 Å². The highest BCUT2D eigenvalue weighted by Crippen LogP contribution is 2.31. The van der Waals surface area contributed by atoms with E-state index in [9.17, 15) is 5.11 Å². The van der Waals surface area contributed by atoms with Crippen molar-refractivity contribution in [3.8, 4) is 0 Å². The summed E-state index contributed by atoms with van der Waals surface area (Å²) in [7, 11) is 2.15. The molecule has 0 saturated heterocycles. The predicted molar refractivity (Wildman–Crippen MR) is 75.5 cm³/mol. The normalized spacial score (nSPS) is 14.2. The largest absolute Gasteiger partial charge is 0.396 e. The molecule has 0 bridgehead atoms. The van der Waals surface area contributed by atoms with Crippen molar-refractivity contribution in [1.29, 1.82) is 0 Å². The number of hydrogen-bond acceptors (Lipinski definition) is 3. The van der Waals surface area contributed by atoms with Crippen LogP contribution in [0.4, 0.5) is 0 Å². The van der Waals surface area contributed by atoms with E-state index in [2.05, 4.69) is 50.2 Å². The molecule has 0 fully saturated rings. The maximum Gasteiger partial charge on any atom is 0.0499 e. The van der Waals surface area contributed by atoms with Crippen LogP contribution in [0.1, 0.15) is 44.5 Å². The Kier molecular flexibility index (Phi) is 5.63. The minimum absolute atomic E-state index is 0.0558. The summed E-state index contributed by atoms with van der Waals surface area (Å²) in [6.07, 6.45) is 2.06. The van der Waals surface area contributed by atoms with E-state index >= 15 is 0 Å². The summed E-state index contributed by atoms with van der Waals surface area (Å²) in [6.45, 7) is 7.81. The fourth-order valence-corrected chi connectivity index (χ4v) is 3.01. The Hall–Kier alpha value is -0.380. The Bertz CT molecular complexity index is 298. The zero-order chi connectivity index (χ0) is 12.9. The van der Waals surface area contributed by atoms with Gasteiger partial charge < -0.3 is 5.11 Å². The van der Waals surface area contributed by atoms with E-state index in [-0.39, 0.29) is 12.0 Å². The van der Waals surface area contributed by atoms with Crippen LogP contribution in [-0.2, 0) is 0 Å². The van der Waals surface area contributed by atoms with Crippen molar-refractivity contribution in [1.82, 2.24) is 4.90 Å². The highest BCUT2D eigenvalue weighted by atomic mass is 32.1. The van der Waals surface area contributed by atoms with Gasteiger partial charge in [0, 0.05) is 29.5 Å². The molecular weight excluding hydrogens is 230 g/mol. The average molecular weight is 255 g/mol. The first-order chi connectivity index (χ1) is 8.08. The van der Waals surface area contributed by atoms with Gasteiger partial charge in [0.05, 0.1) is 0 Å². The average Bonchev–Trinajstić information content (AvgIpc) is 2.88. The van der Waals surface area contributed by atoms with Crippen LogP contribution in [0.25, 0.3) is 0 Å². The van der Waals surface area contributed by atoms with E-state index in [1.165, 1.54) is 4.88 Å². The number of hydrogen-bond donors (Lipinski definition) is 1. The van der Waals surface area contributed by atoms with Gasteiger partial charge in [-0.1, -0.05) is 19.9 Å². The monoisotopic (exact) mass is 255 g/mol. The lowest BCUT2D eigenvalue weighted by Gasteiger charge is -2.36. The molecule has 0 aromatic carbocycles. The molecule has 1 rings (SSSR count). The summed E-state index contributed by atoms with van der Waals surface area (Å²) in [4.78, 5) is 3.75. The second-order valence-corrected chi connectivity index (χ2v) is 5.95. The number of aliphatic hydroxyl groups is 1. The van der Waals surface area contributed by atoms with E-state index in [4.69, 9.17) is 0 Å². The lowest BCUT2D eigenvalue weighted by Crippen LogP contribution is -2.38. The first-order valence-corrected chi connectivity index (χ1v) is 7.31. The molecule has 1 aromatic rings. The molecule has 1 N–H and O–H groups in total. The van der Waals surface area contributed by atoms with Crippen molar-refractivity contribution in [3.63, 3.8) is 0 Å². The lowest BCUT2D eigenvalue weighted by molar-refractivity contribution is 0.0628. The molecule has 0 aliphatic heterocycles. The Morgan fingerprint density at radius 1 is 1.41 bits per heavy atom. The number of aliphatic hydroxyl groups excluding tert-OH is 1. The molecule has 0 radical (unpaired) electrons. The standard InChI is InChI=1S/C14H25NOS/c1-5-14(6-2,11-16)10-15(4)12(3)13-8-7-9-17-13/h7-9,12,16H,5-6,10-11H2,1-4H3. The molecule has 0 amide bonds. The van der Waals surface area contributed by atoms with Crippen molar-refractivity contribution >= 4 is 11.3 Å². The van der Waals surface area contributed by atoms with Gasteiger partial charge in [-0.15, -0.1) is 11.3 Å². The van der Waals surface area contributed by atoms with Crippen LogP contribution in [0, 0.1) is 5.41 Å². The van der Waals surface area contributed by atoms with E-state index in [1.54, 1.807) is 11.3 Å². The van der Waals surface area contributed by atoms with Gasteiger partial charge in [0.1, 0.15) is 0 Å². The van der Waals surface area contributed by atoms with Gasteiger partial charge in [-0.2, -0.15) is 0 Å². The van der Waals surface area contributed by atoms with Crippen molar-refractivity contribution in [3.05, 3.63) is 22.4 Å². The summed E-state index contributed by atoms with van der Waals surface area (Å²) in [5, 5.41) is 11.7. The van der Waals surface area contributed by atoms with Crippen molar-refractivity contribution in [2.75, 3.05) is 20.2 Å². The molecule has 17 heavy (non-hydrogen) atoms. The second kappa shape index (κ2) is 6.53. The summed E-state index contributed by atoms with van der Waals surface area (Å²) < 4.78 is 0. The summed E-state index contributed by atoms with van der Waals surface area (Å²) in [5.74, 6) is 0. The molecule has 3 heteroatoms. The van der Waals surface area contributed by atoms with Gasteiger partial charge in [0.2, 0.25) is 0 Å². The van der Waals surface area contributed by atoms with Gasteiger partial charge in [-0.3, -0.25) is 4.90 Å². The van der Waals surface area contributed by atoms with Crippen LogP contribution >= 0.6 is 11.3 Å². The van der Waals surface area contributed by atoms with Gasteiger partial charge in [-0.05, 0) is 38.3 Å². The molecule has 2 nitrogen and oxygen atoms in total. The van der Waals surface area contributed by atoms with Crippen molar-refractivity contribution in [2.24, 2.45) is 5.41 Å². The van der Waals surface area contributed by atoms with Gasteiger partial charge in [0.25, 0.3) is 0 Å². The fourth-order valence-electron chi connectivity index (χ4n) is 2.16. The Morgan fingerprint density at radius 2 is 2.06 bits per heavy atom. The minimum Gasteiger partial charge on any atom is -0.396 e. The van der Waals surface area contributed by atoms with Gasteiger partial charge >= 0.3 is 0 Å². The quantitative estimate of drug-likeness (QED) is 0.805. The third-order valence-electron chi connectivity index (χ3n) is 4.04. The first kappa shape index (κ1) is 14.7. The van der Waals surface area contributed by atoms with E-state index < -0.39 is 0 Å². The molecule has 1 atom stereocenters. The molecule has 1 aromatic heterocycles. The van der Waals surface area contributed by atoms with Crippen LogP contribution in [0.3, 0.4) is 0 Å². The van der Waals surface area contributed by atoms with E-state index in [0.717, 1.165) is 19.4 Å². The SMILES string of the molecule is CCC(CC)(CO)CN(C)C(C)c1cccs1. The maximum atomic E-state index is 9.61. The number of nitrogens with zero attached hydrogens (tertiary/aromatic N) is 1. The lowest BCUT2D eigenvalue weighted by atomic mass is 9.82. The Balaban J connectivity index is 2.67. The van der Waals surface area contributed by atoms with Crippen LogP contribution in [-0.4, -0.2) is 30.2 Å². The zero-order valence-electron chi connectivity index (χ0n) is 11.4. The smallest absolute Gasteiger partial charge is 0.0499 e. The van der Waals surface area contributed by atoms with Gasteiger partial charge in [0.15, 0.2) is 0 Å². The van der Waals surface area contributed by atoms with Crippen LogP contribution in [0.15, 0.2) is 17.5 Å². The molecule has 0 saturated carbocycles. The van der Waals surface area contributed by atoms with Gasteiger partial charge in [-0.25, -0.2) is 0 Å². The highest BCUT2D eigenvalue weighted by molar-refractivity contribution is 7.10. The number of rotatable bonds is 7. The summed E-state index contributed by atoms with van der Waals surface area (Å²) >= 11 is 1.80. The van der Waals surface area contributed by atoms with Crippen molar-refractivity contribution < 1.29 is 5.11 Å². The predicted octanol–water partition coefficient (Wildman–Crippen LogP) is 3.54. The molecular formula is C14H25NOS. The van der Waals surface area contributed by atoms with E-state index in [0.29, 0.717) is 6.04 Å². The zero-order valence-corrected chi connectivity index (χ0v) is 12.3. The molecule has 1 unspecified atom stereocenters. The molecule has 0 spiro atoms. The number of thiophene rings is 1. The first-order valence-electron chi connectivity index (χ1n) is 6.43. The third kappa shape index (κ3) is 3.54. The topological polar surface area (TPSA) is 23.5 Å². The molecule has 0 aliphatic rings. The summed E-state index contributed by atoms with van der Waals surface area (Å²) in [5.41, 5.74) is 0.0558. The van der Waals surface area contributed by atoms with Crippen molar-refractivity contribution in [2.45, 2.75) is 39.7 Å². The Morgan fingerprint density at radius 3 is 2.47 bits per heavy atom. The minimum atomic E-state index is 0.0558. The van der Waals surface area contributed by atoms with Crippen LogP contribution in [0.5, 0.6) is 0 Å². The molecule has 98 valence electrons. The molecule has 0 aliphatic carbocycles. The third-order valence-corrected chi connectivity index (χ3v) is 5.08. The molecule has 1 heterocycles. The fraction of sp³-hybridized carbons (Fsp3) is 0.714. The van der Waals surface area contributed by atoms with Crippen LogP contribution in [0.2, 0.25) is 0 Å². The maximum absolute atomic E-state index is 9.61. The second-order valence-electron chi connectivity index (χ2n) is 4.97. The summed E-state index contributed by atoms with van der Waals surface area (Å²) in [6, 6.07) is 4.71. The Labute approximate surface area is 109 Å².